The molecule has 0 aliphatic heterocycles. The van der Waals surface area contributed by atoms with Gasteiger partial charge in [0, 0.05) is 0 Å². The predicted octanol–water partition coefficient (Wildman–Crippen LogP) is 5.44. The van der Waals surface area contributed by atoms with Crippen LogP contribution in [0.2, 0.25) is 5.02 Å². The quantitative estimate of drug-likeness (QED) is 0.450. The molecular weight excluding hydrogens is 392 g/mol. The molecular formula is C21H19ClN4OS. The Bertz CT molecular complexity index is 1150. The summed E-state index contributed by atoms with van der Waals surface area (Å²) in [5, 5.41) is 5.64. The average Bonchev–Trinajstić information content (AvgIpc) is 3.20. The molecule has 0 saturated heterocycles. The van der Waals surface area contributed by atoms with E-state index in [9.17, 15) is 4.79 Å². The van der Waals surface area contributed by atoms with Crippen LogP contribution < -0.4 is 4.90 Å². The molecule has 1 amide bonds. The summed E-state index contributed by atoms with van der Waals surface area (Å²) in [7, 11) is 0. The maximum absolute atomic E-state index is 13.4. The van der Waals surface area contributed by atoms with Gasteiger partial charge in [0.15, 0.2) is 5.13 Å². The lowest BCUT2D eigenvalue weighted by molar-refractivity contribution is -0.118. The third-order valence-electron chi connectivity index (χ3n) is 4.66. The molecule has 7 heteroatoms. The fraction of sp³-hybridized carbons (Fsp3) is 0.190. The maximum Gasteiger partial charge on any atom is 0.255 e. The molecule has 0 unspecified atom stereocenters. The van der Waals surface area contributed by atoms with Crippen LogP contribution in [0.15, 0.2) is 48.5 Å². The maximum atomic E-state index is 13.4. The highest BCUT2D eigenvalue weighted by Gasteiger charge is 2.24. The number of aryl methyl sites for hydroxylation is 2. The second kappa shape index (κ2) is 7.37. The molecule has 0 radical (unpaired) electrons. The zero-order valence-corrected chi connectivity index (χ0v) is 17.4. The number of rotatable bonds is 4. The number of amides is 1. The average molecular weight is 411 g/mol. The van der Waals surface area contributed by atoms with E-state index < -0.39 is 0 Å². The van der Waals surface area contributed by atoms with Crippen molar-refractivity contribution in [3.05, 3.63) is 70.5 Å². The minimum absolute atomic E-state index is 0.0870. The number of carbonyl (C=O) groups is 1. The number of anilines is 2. The Morgan fingerprint density at radius 2 is 1.82 bits per heavy atom. The number of hydrogen-bond donors (Lipinski definition) is 0. The molecule has 0 spiro atoms. The van der Waals surface area contributed by atoms with Gasteiger partial charge in [0.25, 0.3) is 5.91 Å². The van der Waals surface area contributed by atoms with Crippen LogP contribution in [0.3, 0.4) is 0 Å². The number of nitrogens with zero attached hydrogens (tertiary/aromatic N) is 4. The number of aromatic nitrogens is 3. The summed E-state index contributed by atoms with van der Waals surface area (Å²) >= 11 is 7.75. The molecule has 0 aliphatic rings. The summed E-state index contributed by atoms with van der Waals surface area (Å²) in [6.07, 6.45) is 0. The minimum atomic E-state index is -0.115. The highest BCUT2D eigenvalue weighted by Crippen LogP contribution is 2.35. The molecule has 0 bridgehead atoms. The van der Waals surface area contributed by atoms with Gasteiger partial charge in [0.05, 0.1) is 32.3 Å². The Hall–Kier alpha value is -2.70. The van der Waals surface area contributed by atoms with Gasteiger partial charge in [-0.15, -0.1) is 0 Å². The molecule has 0 saturated carbocycles. The molecule has 0 fully saturated rings. The van der Waals surface area contributed by atoms with Crippen molar-refractivity contribution in [2.45, 2.75) is 27.3 Å². The lowest BCUT2D eigenvalue weighted by Gasteiger charge is -2.22. The van der Waals surface area contributed by atoms with E-state index in [-0.39, 0.29) is 12.5 Å². The van der Waals surface area contributed by atoms with Gasteiger partial charge in [-0.1, -0.05) is 53.3 Å². The molecule has 0 atom stereocenters. The van der Waals surface area contributed by atoms with Crippen molar-refractivity contribution in [2.75, 3.05) is 4.90 Å². The van der Waals surface area contributed by atoms with E-state index in [1.807, 2.05) is 69.3 Å². The predicted molar refractivity (Wildman–Crippen MR) is 115 cm³/mol. The Kier molecular flexibility index (Phi) is 4.91. The molecule has 2 aromatic carbocycles. The van der Waals surface area contributed by atoms with E-state index in [0.29, 0.717) is 10.2 Å². The molecule has 4 aromatic rings. The highest BCUT2D eigenvalue weighted by molar-refractivity contribution is 7.22. The van der Waals surface area contributed by atoms with Gasteiger partial charge in [-0.2, -0.15) is 5.10 Å². The van der Waals surface area contributed by atoms with E-state index in [2.05, 4.69) is 5.10 Å². The summed E-state index contributed by atoms with van der Waals surface area (Å²) in [5.74, 6) is -0.115. The standard InChI is InChI=1S/C21H19ClN4OS/c1-13-8-4-6-10-17(13)26(21-23-16-9-5-7-11-18(16)28-21)19(27)12-25-15(3)20(22)14(2)24-25/h4-11H,12H2,1-3H3. The van der Waals surface area contributed by atoms with Crippen molar-refractivity contribution in [2.24, 2.45) is 0 Å². The number of fused-ring (bicyclic) bond motifs is 1. The number of halogens is 1. The van der Waals surface area contributed by atoms with Crippen LogP contribution >= 0.6 is 22.9 Å². The van der Waals surface area contributed by atoms with Gasteiger partial charge in [-0.3, -0.25) is 14.4 Å². The molecule has 28 heavy (non-hydrogen) atoms. The second-order valence-corrected chi connectivity index (χ2v) is 8.01. The summed E-state index contributed by atoms with van der Waals surface area (Å²) in [4.78, 5) is 19.8. The summed E-state index contributed by atoms with van der Waals surface area (Å²) in [6.45, 7) is 5.78. The zero-order valence-electron chi connectivity index (χ0n) is 15.8. The molecule has 5 nitrogen and oxygen atoms in total. The van der Waals surface area contributed by atoms with Crippen LogP contribution in [0, 0.1) is 20.8 Å². The minimum Gasteiger partial charge on any atom is -0.272 e. The number of thiazole rings is 1. The summed E-state index contributed by atoms with van der Waals surface area (Å²) in [6, 6.07) is 15.7. The summed E-state index contributed by atoms with van der Waals surface area (Å²) in [5.41, 5.74) is 4.19. The van der Waals surface area contributed by atoms with E-state index in [0.717, 1.165) is 32.9 Å². The van der Waals surface area contributed by atoms with Crippen molar-refractivity contribution in [3.63, 3.8) is 0 Å². The second-order valence-electron chi connectivity index (χ2n) is 6.62. The van der Waals surface area contributed by atoms with E-state index >= 15 is 0 Å². The van der Waals surface area contributed by atoms with Crippen molar-refractivity contribution < 1.29 is 4.79 Å². The van der Waals surface area contributed by atoms with Crippen LogP contribution in [-0.4, -0.2) is 20.7 Å². The van der Waals surface area contributed by atoms with E-state index in [4.69, 9.17) is 16.6 Å². The fourth-order valence-corrected chi connectivity index (χ4v) is 4.27. The Labute approximate surface area is 172 Å². The van der Waals surface area contributed by atoms with Gasteiger partial charge in [0.1, 0.15) is 6.54 Å². The van der Waals surface area contributed by atoms with Gasteiger partial charge in [-0.25, -0.2) is 4.98 Å². The third-order valence-corrected chi connectivity index (χ3v) is 6.23. The largest absolute Gasteiger partial charge is 0.272 e. The van der Waals surface area contributed by atoms with Crippen LogP contribution in [0.1, 0.15) is 17.0 Å². The Balaban J connectivity index is 1.79. The van der Waals surface area contributed by atoms with E-state index in [1.165, 1.54) is 11.3 Å². The van der Waals surface area contributed by atoms with E-state index in [1.54, 1.807) is 9.58 Å². The molecule has 2 aromatic heterocycles. The molecule has 142 valence electrons. The fourth-order valence-electron chi connectivity index (χ4n) is 3.14. The Morgan fingerprint density at radius 3 is 2.50 bits per heavy atom. The monoisotopic (exact) mass is 410 g/mol. The van der Waals surface area contributed by atoms with Gasteiger partial charge in [0.2, 0.25) is 0 Å². The van der Waals surface area contributed by atoms with Crippen LogP contribution in [-0.2, 0) is 11.3 Å². The van der Waals surface area contributed by atoms with Crippen LogP contribution in [0.25, 0.3) is 10.2 Å². The smallest absolute Gasteiger partial charge is 0.255 e. The number of benzene rings is 2. The van der Waals surface area contributed by atoms with Gasteiger partial charge in [-0.05, 0) is 44.5 Å². The van der Waals surface area contributed by atoms with Crippen molar-refractivity contribution in [1.82, 2.24) is 14.8 Å². The first-order chi connectivity index (χ1) is 13.5. The van der Waals surface area contributed by atoms with Gasteiger partial charge >= 0.3 is 0 Å². The number of carbonyl (C=O) groups excluding carboxylic acids is 1. The lowest BCUT2D eigenvalue weighted by atomic mass is 10.2. The molecule has 4 rings (SSSR count). The first-order valence-electron chi connectivity index (χ1n) is 8.89. The first-order valence-corrected chi connectivity index (χ1v) is 10.1. The molecule has 2 heterocycles. The summed E-state index contributed by atoms with van der Waals surface area (Å²) < 4.78 is 2.69. The van der Waals surface area contributed by atoms with Crippen molar-refractivity contribution in [1.29, 1.82) is 0 Å². The van der Waals surface area contributed by atoms with Crippen molar-refractivity contribution in [3.8, 4) is 0 Å². The molecule has 0 N–H and O–H groups in total. The van der Waals surface area contributed by atoms with Gasteiger partial charge < -0.3 is 0 Å². The first kappa shape index (κ1) is 18.7. The van der Waals surface area contributed by atoms with Crippen LogP contribution in [0.5, 0.6) is 0 Å². The Morgan fingerprint density at radius 1 is 1.11 bits per heavy atom. The van der Waals surface area contributed by atoms with Crippen LogP contribution in [0.4, 0.5) is 10.8 Å². The third kappa shape index (κ3) is 3.30. The zero-order chi connectivity index (χ0) is 19.8. The lowest BCUT2D eigenvalue weighted by Crippen LogP contribution is -2.30. The number of hydrogen-bond acceptors (Lipinski definition) is 4. The molecule has 0 aliphatic carbocycles. The normalized spacial score (nSPS) is 11.1. The highest BCUT2D eigenvalue weighted by atomic mass is 35.5. The van der Waals surface area contributed by atoms with Crippen molar-refractivity contribution >= 4 is 49.9 Å². The SMILES string of the molecule is Cc1ccccc1N(C(=O)Cn1nc(C)c(Cl)c1C)c1nc2ccccc2s1. The topological polar surface area (TPSA) is 51.0 Å². The number of para-hydroxylation sites is 2.